The van der Waals surface area contributed by atoms with Crippen molar-refractivity contribution in [2.45, 2.75) is 19.4 Å². The molecule has 4 nitrogen and oxygen atoms in total. The fourth-order valence-corrected chi connectivity index (χ4v) is 2.15. The Morgan fingerprint density at radius 3 is 2.45 bits per heavy atom. The maximum absolute atomic E-state index is 13.1. The van der Waals surface area contributed by atoms with Crippen LogP contribution in [-0.2, 0) is 9.59 Å². The molecule has 0 bridgehead atoms. The summed E-state index contributed by atoms with van der Waals surface area (Å²) in [5.41, 5.74) is 1.23. The van der Waals surface area contributed by atoms with E-state index >= 15 is 0 Å². The summed E-state index contributed by atoms with van der Waals surface area (Å²) in [7, 11) is 0. The predicted octanol–water partition coefficient (Wildman–Crippen LogP) is 3.03. The highest BCUT2D eigenvalue weighted by atomic mass is 19.1. The Hall–Kier alpha value is -2.69. The summed E-state index contributed by atoms with van der Waals surface area (Å²) in [4.78, 5) is 23.4. The Balaban J connectivity index is 2.06. The zero-order valence-corrected chi connectivity index (χ0v) is 12.2. The monoisotopic (exact) mass is 300 g/mol. The summed E-state index contributed by atoms with van der Waals surface area (Å²) in [6.07, 6.45) is 0.0696. The van der Waals surface area contributed by atoms with E-state index in [-0.39, 0.29) is 18.2 Å². The SMILES string of the molecule is CC(=O)NC(CC(=O)Nc1cccc(F)c1)c1ccccc1. The smallest absolute Gasteiger partial charge is 0.226 e. The third-order valence-electron chi connectivity index (χ3n) is 3.08. The molecule has 1 atom stereocenters. The topological polar surface area (TPSA) is 58.2 Å². The van der Waals surface area contributed by atoms with Gasteiger partial charge in [0.05, 0.1) is 12.5 Å². The second kappa shape index (κ2) is 7.36. The van der Waals surface area contributed by atoms with Crippen LogP contribution in [0.4, 0.5) is 10.1 Å². The van der Waals surface area contributed by atoms with Gasteiger partial charge in [-0.3, -0.25) is 9.59 Å². The lowest BCUT2D eigenvalue weighted by Crippen LogP contribution is -2.29. The van der Waals surface area contributed by atoms with E-state index in [4.69, 9.17) is 0 Å². The van der Waals surface area contributed by atoms with E-state index in [0.29, 0.717) is 5.69 Å². The maximum Gasteiger partial charge on any atom is 0.226 e. The van der Waals surface area contributed by atoms with Crippen molar-refractivity contribution in [2.24, 2.45) is 0 Å². The normalized spacial score (nSPS) is 11.5. The lowest BCUT2D eigenvalue weighted by molar-refractivity contribution is -0.120. The molecule has 2 amide bonds. The van der Waals surface area contributed by atoms with Gasteiger partial charge >= 0.3 is 0 Å². The summed E-state index contributed by atoms with van der Waals surface area (Å²) in [6.45, 7) is 1.40. The fraction of sp³-hybridized carbons (Fsp3) is 0.176. The molecule has 0 saturated heterocycles. The van der Waals surface area contributed by atoms with Gasteiger partial charge in [-0.05, 0) is 23.8 Å². The number of amides is 2. The Morgan fingerprint density at radius 1 is 1.09 bits per heavy atom. The van der Waals surface area contributed by atoms with Gasteiger partial charge in [0.2, 0.25) is 11.8 Å². The second-order valence-electron chi connectivity index (χ2n) is 4.93. The zero-order chi connectivity index (χ0) is 15.9. The largest absolute Gasteiger partial charge is 0.349 e. The minimum atomic E-state index is -0.424. The van der Waals surface area contributed by atoms with Crippen LogP contribution in [0.5, 0.6) is 0 Å². The average molecular weight is 300 g/mol. The van der Waals surface area contributed by atoms with Crippen molar-refractivity contribution in [1.82, 2.24) is 5.32 Å². The number of nitrogens with one attached hydrogen (secondary N) is 2. The van der Waals surface area contributed by atoms with Crippen molar-refractivity contribution < 1.29 is 14.0 Å². The van der Waals surface area contributed by atoms with E-state index in [1.165, 1.54) is 25.1 Å². The number of carbonyl (C=O) groups excluding carboxylic acids is 2. The Bertz CT molecular complexity index is 659. The molecule has 0 radical (unpaired) electrons. The molecule has 2 rings (SSSR count). The zero-order valence-electron chi connectivity index (χ0n) is 12.2. The molecule has 2 aromatic carbocycles. The minimum Gasteiger partial charge on any atom is -0.349 e. The summed E-state index contributed by atoms with van der Waals surface area (Å²) >= 11 is 0. The lowest BCUT2D eigenvalue weighted by atomic mass is 10.0. The molecule has 0 aliphatic carbocycles. The number of halogens is 1. The maximum atomic E-state index is 13.1. The highest BCUT2D eigenvalue weighted by Gasteiger charge is 2.17. The molecular weight excluding hydrogens is 283 g/mol. The molecule has 114 valence electrons. The van der Waals surface area contributed by atoms with Crippen LogP contribution < -0.4 is 10.6 Å². The van der Waals surface area contributed by atoms with Crippen LogP contribution in [0.3, 0.4) is 0 Å². The van der Waals surface area contributed by atoms with Crippen LogP contribution >= 0.6 is 0 Å². The average Bonchev–Trinajstić information content (AvgIpc) is 2.47. The quantitative estimate of drug-likeness (QED) is 0.891. The Kier molecular flexibility index (Phi) is 5.25. The van der Waals surface area contributed by atoms with Crippen molar-refractivity contribution in [3.05, 3.63) is 66.0 Å². The number of rotatable bonds is 5. The third kappa shape index (κ3) is 4.70. The molecular formula is C17H17FN2O2. The second-order valence-corrected chi connectivity index (χ2v) is 4.93. The van der Waals surface area contributed by atoms with Crippen LogP contribution in [0.2, 0.25) is 0 Å². The summed E-state index contributed by atoms with van der Waals surface area (Å²) in [5.74, 6) is -0.931. The molecule has 2 N–H and O–H groups in total. The summed E-state index contributed by atoms with van der Waals surface area (Å²) < 4.78 is 13.1. The Labute approximate surface area is 128 Å². The van der Waals surface area contributed by atoms with Gasteiger partial charge in [0.1, 0.15) is 5.82 Å². The molecule has 0 fully saturated rings. The van der Waals surface area contributed by atoms with Crippen molar-refractivity contribution in [3.8, 4) is 0 Å². The van der Waals surface area contributed by atoms with Gasteiger partial charge in [-0.2, -0.15) is 0 Å². The highest BCUT2D eigenvalue weighted by Crippen LogP contribution is 2.18. The van der Waals surface area contributed by atoms with Crippen LogP contribution in [0.15, 0.2) is 54.6 Å². The minimum absolute atomic E-state index is 0.0696. The number of benzene rings is 2. The first-order chi connectivity index (χ1) is 10.5. The predicted molar refractivity (Wildman–Crippen MR) is 82.6 cm³/mol. The van der Waals surface area contributed by atoms with E-state index in [1.807, 2.05) is 30.3 Å². The van der Waals surface area contributed by atoms with E-state index in [2.05, 4.69) is 10.6 Å². The van der Waals surface area contributed by atoms with Gasteiger partial charge in [-0.25, -0.2) is 4.39 Å². The molecule has 0 heterocycles. The first-order valence-electron chi connectivity index (χ1n) is 6.92. The molecule has 0 saturated carbocycles. The van der Waals surface area contributed by atoms with Crippen LogP contribution in [-0.4, -0.2) is 11.8 Å². The standard InChI is InChI=1S/C17H17FN2O2/c1-12(21)19-16(13-6-3-2-4-7-13)11-17(22)20-15-9-5-8-14(18)10-15/h2-10,16H,11H2,1H3,(H,19,21)(H,20,22). The van der Waals surface area contributed by atoms with E-state index in [0.717, 1.165) is 5.56 Å². The van der Waals surface area contributed by atoms with E-state index < -0.39 is 11.9 Å². The van der Waals surface area contributed by atoms with Crippen molar-refractivity contribution in [3.63, 3.8) is 0 Å². The number of hydrogen-bond donors (Lipinski definition) is 2. The molecule has 0 spiro atoms. The van der Waals surface area contributed by atoms with Gasteiger partial charge < -0.3 is 10.6 Å². The van der Waals surface area contributed by atoms with Crippen molar-refractivity contribution in [2.75, 3.05) is 5.32 Å². The van der Waals surface area contributed by atoms with Crippen LogP contribution in [0.1, 0.15) is 24.9 Å². The van der Waals surface area contributed by atoms with E-state index in [1.54, 1.807) is 6.07 Å². The van der Waals surface area contributed by atoms with E-state index in [9.17, 15) is 14.0 Å². The number of hydrogen-bond acceptors (Lipinski definition) is 2. The molecule has 2 aromatic rings. The van der Waals surface area contributed by atoms with Crippen molar-refractivity contribution >= 4 is 17.5 Å². The number of carbonyl (C=O) groups is 2. The van der Waals surface area contributed by atoms with Gasteiger partial charge in [-0.1, -0.05) is 36.4 Å². The molecule has 0 aromatic heterocycles. The van der Waals surface area contributed by atoms with Crippen molar-refractivity contribution in [1.29, 1.82) is 0 Å². The van der Waals surface area contributed by atoms with Gasteiger partial charge in [-0.15, -0.1) is 0 Å². The highest BCUT2D eigenvalue weighted by molar-refractivity contribution is 5.91. The lowest BCUT2D eigenvalue weighted by Gasteiger charge is -2.18. The van der Waals surface area contributed by atoms with Gasteiger partial charge in [0.25, 0.3) is 0 Å². The van der Waals surface area contributed by atoms with Crippen LogP contribution in [0, 0.1) is 5.82 Å². The molecule has 22 heavy (non-hydrogen) atoms. The van der Waals surface area contributed by atoms with Gasteiger partial charge in [0.15, 0.2) is 0 Å². The first kappa shape index (κ1) is 15.7. The third-order valence-corrected chi connectivity index (χ3v) is 3.08. The first-order valence-corrected chi connectivity index (χ1v) is 6.92. The Morgan fingerprint density at radius 2 is 1.82 bits per heavy atom. The molecule has 0 aliphatic rings. The fourth-order valence-electron chi connectivity index (χ4n) is 2.15. The molecule has 5 heteroatoms. The van der Waals surface area contributed by atoms with Crippen LogP contribution in [0.25, 0.3) is 0 Å². The van der Waals surface area contributed by atoms with Gasteiger partial charge in [0, 0.05) is 12.6 Å². The summed E-state index contributed by atoms with van der Waals surface area (Å²) in [6, 6.07) is 14.5. The molecule has 1 unspecified atom stereocenters. The summed E-state index contributed by atoms with van der Waals surface area (Å²) in [5, 5.41) is 5.38. The number of anilines is 1. The molecule has 0 aliphatic heterocycles.